The molecule has 1 fully saturated rings. The van der Waals surface area contributed by atoms with Crippen LogP contribution < -0.4 is 15.8 Å². The van der Waals surface area contributed by atoms with Crippen LogP contribution in [0.2, 0.25) is 5.02 Å². The highest BCUT2D eigenvalue weighted by molar-refractivity contribution is 6.31. The van der Waals surface area contributed by atoms with Gasteiger partial charge >= 0.3 is 0 Å². The predicted molar refractivity (Wildman–Crippen MR) is 109 cm³/mol. The molecule has 1 aliphatic rings. The number of hydrogen-bond acceptors (Lipinski definition) is 4. The van der Waals surface area contributed by atoms with Crippen LogP contribution in [0, 0.1) is 20.8 Å². The third kappa shape index (κ3) is 4.33. The second-order valence-electron chi connectivity index (χ2n) is 7.07. The molecule has 0 unspecified atom stereocenters. The quantitative estimate of drug-likeness (QED) is 0.871. The molecule has 0 bridgehead atoms. The zero-order chi connectivity index (χ0) is 19.6. The molecule has 27 heavy (non-hydrogen) atoms. The molecule has 1 aliphatic heterocycles. The largest absolute Gasteiger partial charge is 0.342 e. The number of nitrogens with one attached hydrogen (secondary N) is 1. The second kappa shape index (κ2) is 8.13. The number of halogens is 1. The molecule has 2 aromatic rings. The SMILES string of the molecule is Cc1ccc(Cl)cc1NC(=O)Cn1c(N2CCCCC2)nc(C)c(C)c1=O. The van der Waals surface area contributed by atoms with Crippen LogP contribution in [0.5, 0.6) is 0 Å². The molecule has 3 rings (SSSR count). The lowest BCUT2D eigenvalue weighted by Gasteiger charge is -2.30. The van der Waals surface area contributed by atoms with Crippen LogP contribution in [0.25, 0.3) is 0 Å². The smallest absolute Gasteiger partial charge is 0.258 e. The number of nitrogens with zero attached hydrogens (tertiary/aromatic N) is 3. The molecule has 6 nitrogen and oxygen atoms in total. The minimum atomic E-state index is -0.272. The molecule has 1 aromatic heterocycles. The van der Waals surface area contributed by atoms with Gasteiger partial charge in [0.15, 0.2) is 0 Å². The summed E-state index contributed by atoms with van der Waals surface area (Å²) in [6, 6.07) is 5.33. The maximum absolute atomic E-state index is 12.9. The molecule has 0 aliphatic carbocycles. The summed E-state index contributed by atoms with van der Waals surface area (Å²) in [5.41, 5.74) is 2.68. The number of piperidine rings is 1. The predicted octanol–water partition coefficient (Wildman–Crippen LogP) is 3.45. The van der Waals surface area contributed by atoms with E-state index < -0.39 is 0 Å². The highest BCUT2D eigenvalue weighted by Gasteiger charge is 2.21. The van der Waals surface area contributed by atoms with Gasteiger partial charge in [0.05, 0.1) is 0 Å². The van der Waals surface area contributed by atoms with Gasteiger partial charge in [0.25, 0.3) is 5.56 Å². The third-order valence-electron chi connectivity index (χ3n) is 5.03. The fourth-order valence-electron chi connectivity index (χ4n) is 3.28. The summed E-state index contributed by atoms with van der Waals surface area (Å²) in [6.07, 6.45) is 3.31. The van der Waals surface area contributed by atoms with Crippen molar-refractivity contribution < 1.29 is 4.79 Å². The lowest BCUT2D eigenvalue weighted by Crippen LogP contribution is -2.39. The Balaban J connectivity index is 1.90. The van der Waals surface area contributed by atoms with Crippen LogP contribution in [0.4, 0.5) is 11.6 Å². The van der Waals surface area contributed by atoms with E-state index in [9.17, 15) is 9.59 Å². The van der Waals surface area contributed by atoms with E-state index in [2.05, 4.69) is 15.2 Å². The van der Waals surface area contributed by atoms with Gasteiger partial charge in [-0.25, -0.2) is 4.98 Å². The number of aromatic nitrogens is 2. The second-order valence-corrected chi connectivity index (χ2v) is 7.51. The Hall–Kier alpha value is -2.34. The minimum absolute atomic E-state index is 0.0786. The number of carbonyl (C=O) groups excluding carboxylic acids is 1. The molecule has 0 saturated carbocycles. The number of rotatable bonds is 4. The van der Waals surface area contributed by atoms with Crippen molar-refractivity contribution in [2.45, 2.75) is 46.6 Å². The van der Waals surface area contributed by atoms with Crippen molar-refractivity contribution in [3.05, 3.63) is 50.4 Å². The van der Waals surface area contributed by atoms with Crippen molar-refractivity contribution in [3.8, 4) is 0 Å². The first kappa shape index (κ1) is 19.4. The monoisotopic (exact) mass is 388 g/mol. The van der Waals surface area contributed by atoms with Gasteiger partial charge in [-0.15, -0.1) is 0 Å². The number of hydrogen-bond donors (Lipinski definition) is 1. The average Bonchev–Trinajstić information content (AvgIpc) is 2.65. The summed E-state index contributed by atoms with van der Waals surface area (Å²) in [7, 11) is 0. The molecular formula is C20H25ClN4O2. The summed E-state index contributed by atoms with van der Waals surface area (Å²) in [4.78, 5) is 32.3. The number of aryl methyl sites for hydroxylation is 2. The number of benzene rings is 1. The fourth-order valence-corrected chi connectivity index (χ4v) is 3.45. The number of amides is 1. The van der Waals surface area contributed by atoms with Gasteiger partial charge in [0.1, 0.15) is 6.54 Å². The third-order valence-corrected chi connectivity index (χ3v) is 5.27. The lowest BCUT2D eigenvalue weighted by atomic mass is 10.1. The Morgan fingerprint density at radius 3 is 2.59 bits per heavy atom. The van der Waals surface area contributed by atoms with E-state index in [4.69, 9.17) is 11.6 Å². The van der Waals surface area contributed by atoms with Gasteiger partial charge in [-0.3, -0.25) is 14.2 Å². The minimum Gasteiger partial charge on any atom is -0.342 e. The first-order valence-corrected chi connectivity index (χ1v) is 9.63. The van der Waals surface area contributed by atoms with Gasteiger partial charge < -0.3 is 10.2 Å². The molecular weight excluding hydrogens is 364 g/mol. The van der Waals surface area contributed by atoms with E-state index in [1.807, 2.05) is 19.9 Å². The molecule has 2 heterocycles. The molecule has 0 spiro atoms. The molecule has 144 valence electrons. The van der Waals surface area contributed by atoms with Gasteiger partial charge in [0.2, 0.25) is 11.9 Å². The Bertz CT molecular complexity index is 917. The van der Waals surface area contributed by atoms with Crippen molar-refractivity contribution >= 4 is 29.1 Å². The normalized spacial score (nSPS) is 14.3. The van der Waals surface area contributed by atoms with E-state index in [1.165, 1.54) is 11.0 Å². The maximum Gasteiger partial charge on any atom is 0.258 e. The number of anilines is 2. The first-order chi connectivity index (χ1) is 12.9. The maximum atomic E-state index is 12.9. The van der Waals surface area contributed by atoms with Gasteiger partial charge in [0, 0.05) is 35.1 Å². The van der Waals surface area contributed by atoms with Gasteiger partial charge in [-0.2, -0.15) is 0 Å². The summed E-state index contributed by atoms with van der Waals surface area (Å²) < 4.78 is 1.49. The summed E-state index contributed by atoms with van der Waals surface area (Å²) in [6.45, 7) is 7.11. The standard InChI is InChI=1S/C20H25ClN4O2/c1-13-7-8-16(21)11-17(13)23-18(26)12-25-19(27)14(2)15(3)22-20(25)24-9-5-4-6-10-24/h7-8,11H,4-6,9-10,12H2,1-3H3,(H,23,26). The van der Waals surface area contributed by atoms with Crippen molar-refractivity contribution in [2.24, 2.45) is 0 Å². The van der Waals surface area contributed by atoms with Crippen molar-refractivity contribution in [2.75, 3.05) is 23.3 Å². The highest BCUT2D eigenvalue weighted by Crippen LogP contribution is 2.21. The van der Waals surface area contributed by atoms with Gasteiger partial charge in [-0.05, 0) is 57.7 Å². The lowest BCUT2D eigenvalue weighted by molar-refractivity contribution is -0.116. The summed E-state index contributed by atoms with van der Waals surface area (Å²) in [5, 5.41) is 3.41. The van der Waals surface area contributed by atoms with Crippen LogP contribution in [0.15, 0.2) is 23.0 Å². The van der Waals surface area contributed by atoms with E-state index in [1.54, 1.807) is 19.1 Å². The van der Waals surface area contributed by atoms with E-state index >= 15 is 0 Å². The molecule has 1 N–H and O–H groups in total. The van der Waals surface area contributed by atoms with Crippen molar-refractivity contribution in [1.82, 2.24) is 9.55 Å². The Morgan fingerprint density at radius 1 is 1.19 bits per heavy atom. The van der Waals surface area contributed by atoms with Crippen molar-refractivity contribution in [3.63, 3.8) is 0 Å². The molecule has 1 aromatic carbocycles. The van der Waals surface area contributed by atoms with Gasteiger partial charge in [-0.1, -0.05) is 17.7 Å². The highest BCUT2D eigenvalue weighted by atomic mass is 35.5. The molecule has 7 heteroatoms. The first-order valence-electron chi connectivity index (χ1n) is 9.26. The average molecular weight is 389 g/mol. The number of carbonyl (C=O) groups is 1. The Kier molecular flexibility index (Phi) is 5.85. The topological polar surface area (TPSA) is 67.2 Å². The van der Waals surface area contributed by atoms with Crippen LogP contribution in [-0.2, 0) is 11.3 Å². The van der Waals surface area contributed by atoms with E-state index in [0.717, 1.165) is 31.5 Å². The van der Waals surface area contributed by atoms with Crippen LogP contribution >= 0.6 is 11.6 Å². The van der Waals surface area contributed by atoms with Crippen LogP contribution in [-0.4, -0.2) is 28.5 Å². The Morgan fingerprint density at radius 2 is 1.89 bits per heavy atom. The van der Waals surface area contributed by atoms with E-state index in [-0.39, 0.29) is 18.0 Å². The molecule has 0 atom stereocenters. The van der Waals surface area contributed by atoms with Crippen LogP contribution in [0.3, 0.4) is 0 Å². The summed E-state index contributed by atoms with van der Waals surface area (Å²) in [5.74, 6) is 0.312. The molecule has 1 amide bonds. The van der Waals surface area contributed by atoms with Crippen LogP contribution in [0.1, 0.15) is 36.1 Å². The Labute approximate surface area is 164 Å². The zero-order valence-corrected chi connectivity index (χ0v) is 16.8. The van der Waals surface area contributed by atoms with Crippen molar-refractivity contribution in [1.29, 1.82) is 0 Å². The summed E-state index contributed by atoms with van der Waals surface area (Å²) >= 11 is 6.03. The molecule has 0 radical (unpaired) electrons. The van der Waals surface area contributed by atoms with E-state index in [0.29, 0.717) is 27.9 Å². The zero-order valence-electron chi connectivity index (χ0n) is 16.0. The fraction of sp³-hybridized carbons (Fsp3) is 0.450. The molecule has 1 saturated heterocycles.